The van der Waals surface area contributed by atoms with Gasteiger partial charge in [-0.1, -0.05) is 25.7 Å². The van der Waals surface area contributed by atoms with Crippen LogP contribution in [0.2, 0.25) is 0 Å². The molecule has 0 bridgehead atoms. The Morgan fingerprint density at radius 3 is 2.33 bits per heavy atom. The third kappa shape index (κ3) is 4.36. The van der Waals surface area contributed by atoms with Crippen LogP contribution in [0.25, 0.3) is 0 Å². The first-order chi connectivity index (χ1) is 5.93. The highest BCUT2D eigenvalue weighted by atomic mass is 32.1. The van der Waals surface area contributed by atoms with Gasteiger partial charge in [0.05, 0.1) is 6.10 Å². The van der Waals surface area contributed by atoms with Crippen molar-refractivity contribution in [1.29, 1.82) is 0 Å². The monoisotopic (exact) mass is 188 g/mol. The summed E-state index contributed by atoms with van der Waals surface area (Å²) in [6.45, 7) is 0.911. The first-order valence-corrected chi connectivity index (χ1v) is 5.79. The molecule has 2 heteroatoms. The first-order valence-electron chi connectivity index (χ1n) is 5.16. The number of hydrogen-bond acceptors (Lipinski definition) is 2. The van der Waals surface area contributed by atoms with Crippen molar-refractivity contribution < 1.29 is 4.74 Å². The maximum atomic E-state index is 5.75. The van der Waals surface area contributed by atoms with Gasteiger partial charge in [-0.2, -0.15) is 12.6 Å². The molecule has 72 valence electrons. The van der Waals surface area contributed by atoms with Gasteiger partial charge in [0.1, 0.15) is 0 Å². The molecule has 1 rings (SSSR count). The molecule has 0 heterocycles. The Morgan fingerprint density at radius 2 is 1.75 bits per heavy atom. The van der Waals surface area contributed by atoms with Crippen molar-refractivity contribution in [2.45, 2.75) is 51.0 Å². The van der Waals surface area contributed by atoms with Crippen LogP contribution in [-0.4, -0.2) is 18.5 Å². The van der Waals surface area contributed by atoms with Crippen LogP contribution in [0, 0.1) is 0 Å². The van der Waals surface area contributed by atoms with E-state index < -0.39 is 0 Å². The molecule has 0 radical (unpaired) electrons. The molecular formula is C10H20OS. The standard InChI is InChI=1S/C10H20OS/c12-9-5-8-11-10-6-3-1-2-4-7-10/h10,12H,1-9H2. The van der Waals surface area contributed by atoms with Gasteiger partial charge in [0.2, 0.25) is 0 Å². The van der Waals surface area contributed by atoms with Gasteiger partial charge in [0.15, 0.2) is 0 Å². The smallest absolute Gasteiger partial charge is 0.0575 e. The molecule has 0 aromatic heterocycles. The predicted molar refractivity (Wildman–Crippen MR) is 55.9 cm³/mol. The van der Waals surface area contributed by atoms with Gasteiger partial charge in [-0.25, -0.2) is 0 Å². The summed E-state index contributed by atoms with van der Waals surface area (Å²) in [5.74, 6) is 0.951. The zero-order valence-electron chi connectivity index (χ0n) is 7.80. The fraction of sp³-hybridized carbons (Fsp3) is 1.00. The molecule has 0 spiro atoms. The SMILES string of the molecule is SCCCOC1CCCCCC1. The Hall–Kier alpha value is 0.310. The van der Waals surface area contributed by atoms with Crippen molar-refractivity contribution >= 4 is 12.6 Å². The summed E-state index contributed by atoms with van der Waals surface area (Å²) in [6, 6.07) is 0. The molecule has 12 heavy (non-hydrogen) atoms. The lowest BCUT2D eigenvalue weighted by molar-refractivity contribution is 0.0442. The van der Waals surface area contributed by atoms with Crippen molar-refractivity contribution in [2.75, 3.05) is 12.4 Å². The molecule has 1 saturated carbocycles. The van der Waals surface area contributed by atoms with Crippen LogP contribution in [0.1, 0.15) is 44.9 Å². The van der Waals surface area contributed by atoms with Crippen LogP contribution < -0.4 is 0 Å². The Balaban J connectivity index is 2.04. The average molecular weight is 188 g/mol. The molecule has 1 aliphatic carbocycles. The lowest BCUT2D eigenvalue weighted by Gasteiger charge is -2.14. The molecule has 1 aliphatic rings. The number of hydrogen-bond donors (Lipinski definition) is 1. The van der Waals surface area contributed by atoms with E-state index in [4.69, 9.17) is 4.74 Å². The minimum absolute atomic E-state index is 0.562. The van der Waals surface area contributed by atoms with Gasteiger partial charge in [0.25, 0.3) is 0 Å². The zero-order valence-corrected chi connectivity index (χ0v) is 8.69. The van der Waals surface area contributed by atoms with Gasteiger partial charge in [-0.3, -0.25) is 0 Å². The minimum atomic E-state index is 0.562. The van der Waals surface area contributed by atoms with E-state index in [1.54, 1.807) is 0 Å². The van der Waals surface area contributed by atoms with Crippen LogP contribution in [-0.2, 0) is 4.74 Å². The summed E-state index contributed by atoms with van der Waals surface area (Å²) in [4.78, 5) is 0. The van der Waals surface area contributed by atoms with E-state index in [0.29, 0.717) is 6.10 Å². The normalized spacial score (nSPS) is 20.8. The molecule has 0 amide bonds. The highest BCUT2D eigenvalue weighted by Gasteiger charge is 2.11. The van der Waals surface area contributed by atoms with E-state index in [9.17, 15) is 0 Å². The summed E-state index contributed by atoms with van der Waals surface area (Å²) < 4.78 is 5.75. The summed E-state index contributed by atoms with van der Waals surface area (Å²) in [5, 5.41) is 0. The number of rotatable bonds is 4. The molecule has 0 saturated heterocycles. The summed E-state index contributed by atoms with van der Waals surface area (Å²) in [7, 11) is 0. The van der Waals surface area contributed by atoms with Crippen LogP contribution in [0.4, 0.5) is 0 Å². The quantitative estimate of drug-likeness (QED) is 0.405. The Bertz CT molecular complexity index is 98.0. The molecular weight excluding hydrogens is 168 g/mol. The van der Waals surface area contributed by atoms with Crippen LogP contribution >= 0.6 is 12.6 Å². The van der Waals surface area contributed by atoms with Crippen LogP contribution in [0.15, 0.2) is 0 Å². The second kappa shape index (κ2) is 6.79. The van der Waals surface area contributed by atoms with Crippen molar-refractivity contribution in [2.24, 2.45) is 0 Å². The largest absolute Gasteiger partial charge is 0.378 e. The van der Waals surface area contributed by atoms with Crippen molar-refractivity contribution in [3.8, 4) is 0 Å². The van der Waals surface area contributed by atoms with Crippen molar-refractivity contribution in [3.63, 3.8) is 0 Å². The second-order valence-corrected chi connectivity index (χ2v) is 4.01. The highest BCUT2D eigenvalue weighted by Crippen LogP contribution is 2.19. The molecule has 0 unspecified atom stereocenters. The van der Waals surface area contributed by atoms with Gasteiger partial charge >= 0.3 is 0 Å². The third-order valence-corrected chi connectivity index (χ3v) is 2.77. The summed E-state index contributed by atoms with van der Waals surface area (Å²) in [5.41, 5.74) is 0. The van der Waals surface area contributed by atoms with Crippen molar-refractivity contribution in [3.05, 3.63) is 0 Å². The Morgan fingerprint density at radius 1 is 1.08 bits per heavy atom. The van der Waals surface area contributed by atoms with E-state index in [1.165, 1.54) is 38.5 Å². The Kier molecular flexibility index (Phi) is 5.88. The molecule has 0 N–H and O–H groups in total. The van der Waals surface area contributed by atoms with Gasteiger partial charge in [0, 0.05) is 6.61 Å². The van der Waals surface area contributed by atoms with Crippen LogP contribution in [0.3, 0.4) is 0 Å². The predicted octanol–water partition coefficient (Wildman–Crippen LogP) is 3.05. The molecule has 1 nitrogen and oxygen atoms in total. The van der Waals surface area contributed by atoms with Crippen molar-refractivity contribution in [1.82, 2.24) is 0 Å². The number of thiol groups is 1. The second-order valence-electron chi connectivity index (χ2n) is 3.56. The molecule has 0 atom stereocenters. The first kappa shape index (κ1) is 10.4. The van der Waals surface area contributed by atoms with Crippen LogP contribution in [0.5, 0.6) is 0 Å². The minimum Gasteiger partial charge on any atom is -0.378 e. The van der Waals surface area contributed by atoms with Gasteiger partial charge in [-0.05, 0) is 25.0 Å². The van der Waals surface area contributed by atoms with E-state index in [1.807, 2.05) is 0 Å². The van der Waals surface area contributed by atoms with E-state index in [2.05, 4.69) is 12.6 Å². The van der Waals surface area contributed by atoms with E-state index in [0.717, 1.165) is 18.8 Å². The highest BCUT2D eigenvalue weighted by molar-refractivity contribution is 7.80. The molecule has 0 aromatic rings. The molecule has 0 aliphatic heterocycles. The summed E-state index contributed by atoms with van der Waals surface area (Å²) >= 11 is 4.16. The van der Waals surface area contributed by atoms with E-state index >= 15 is 0 Å². The van der Waals surface area contributed by atoms with Gasteiger partial charge in [-0.15, -0.1) is 0 Å². The lowest BCUT2D eigenvalue weighted by atomic mass is 10.1. The molecule has 0 aromatic carbocycles. The van der Waals surface area contributed by atoms with E-state index in [-0.39, 0.29) is 0 Å². The van der Waals surface area contributed by atoms with Gasteiger partial charge < -0.3 is 4.74 Å². The zero-order chi connectivity index (χ0) is 8.65. The molecule has 1 fully saturated rings. The maximum Gasteiger partial charge on any atom is 0.0575 e. The fourth-order valence-corrected chi connectivity index (χ4v) is 1.85. The fourth-order valence-electron chi connectivity index (χ4n) is 1.72. The average Bonchev–Trinajstić information content (AvgIpc) is 2.33. The topological polar surface area (TPSA) is 9.23 Å². The summed E-state index contributed by atoms with van der Waals surface area (Å²) in [6.07, 6.45) is 9.78. The lowest BCUT2D eigenvalue weighted by Crippen LogP contribution is -2.12. The maximum absolute atomic E-state index is 5.75. The third-order valence-electron chi connectivity index (χ3n) is 2.46. The Labute approximate surface area is 81.3 Å². The number of ether oxygens (including phenoxy) is 1.